The molecule has 148 valence electrons. The largest absolute Gasteiger partial charge is 0.332 e. The van der Waals surface area contributed by atoms with Crippen LogP contribution in [0.1, 0.15) is 13.8 Å². The van der Waals surface area contributed by atoms with Crippen LogP contribution in [0.5, 0.6) is 0 Å². The van der Waals surface area contributed by atoms with E-state index in [0.717, 1.165) is 15.8 Å². The second-order valence-electron chi connectivity index (χ2n) is 6.96. The number of hydrogen-bond donors (Lipinski definition) is 1. The van der Waals surface area contributed by atoms with Crippen molar-refractivity contribution >= 4 is 22.8 Å². The number of hydrogen-bond acceptors (Lipinski definition) is 5. The number of nitrogens with two attached hydrogens (primary N) is 1. The number of allylic oxidation sites excluding steroid dienone is 2. The van der Waals surface area contributed by atoms with E-state index in [0.29, 0.717) is 36.7 Å². The van der Waals surface area contributed by atoms with Crippen LogP contribution in [0.25, 0.3) is 11.2 Å². The molecule has 0 saturated carbocycles. The topological polar surface area (TPSA) is 91.1 Å². The zero-order valence-corrected chi connectivity index (χ0v) is 16.7. The maximum atomic E-state index is 12.9. The maximum absolute atomic E-state index is 12.9. The van der Waals surface area contributed by atoms with Crippen LogP contribution in [0.15, 0.2) is 51.6 Å². The van der Waals surface area contributed by atoms with E-state index in [2.05, 4.69) is 0 Å². The number of anilines is 2. The number of para-hydroxylation sites is 1. The van der Waals surface area contributed by atoms with Crippen molar-refractivity contribution in [2.75, 3.05) is 18.0 Å². The van der Waals surface area contributed by atoms with Gasteiger partial charge in [-0.05, 0) is 26.0 Å². The van der Waals surface area contributed by atoms with Gasteiger partial charge < -0.3 is 15.2 Å². The Bertz CT molecular complexity index is 1130. The molecule has 0 aliphatic carbocycles. The van der Waals surface area contributed by atoms with E-state index in [9.17, 15) is 9.59 Å². The van der Waals surface area contributed by atoms with E-state index in [-0.39, 0.29) is 5.56 Å². The van der Waals surface area contributed by atoms with Crippen LogP contribution in [0, 0.1) is 0 Å². The highest BCUT2D eigenvalue weighted by molar-refractivity contribution is 5.76. The predicted molar refractivity (Wildman–Crippen MR) is 112 cm³/mol. The van der Waals surface area contributed by atoms with Gasteiger partial charge in [-0.15, -0.1) is 0 Å². The number of aromatic nitrogens is 4. The zero-order valence-electron chi connectivity index (χ0n) is 16.7. The van der Waals surface area contributed by atoms with Crippen LogP contribution in [-0.4, -0.2) is 31.8 Å². The summed E-state index contributed by atoms with van der Waals surface area (Å²) in [6.45, 7) is 5.41. The van der Waals surface area contributed by atoms with Crippen LogP contribution in [0.3, 0.4) is 0 Å². The molecule has 0 amide bonds. The second kappa shape index (κ2) is 7.85. The third-order valence-corrected chi connectivity index (χ3v) is 4.67. The van der Waals surface area contributed by atoms with Gasteiger partial charge in [-0.1, -0.05) is 29.8 Å². The summed E-state index contributed by atoms with van der Waals surface area (Å²) in [6, 6.07) is 9.76. The van der Waals surface area contributed by atoms with E-state index in [4.69, 9.17) is 10.7 Å². The average Bonchev–Trinajstić information content (AvgIpc) is 3.07. The molecule has 28 heavy (non-hydrogen) atoms. The molecule has 0 unspecified atom stereocenters. The molecule has 8 nitrogen and oxygen atoms in total. The lowest BCUT2D eigenvalue weighted by atomic mass is 10.3. The monoisotopic (exact) mass is 382 g/mol. The molecule has 2 heterocycles. The third-order valence-electron chi connectivity index (χ3n) is 4.67. The van der Waals surface area contributed by atoms with E-state index in [1.807, 2.05) is 59.7 Å². The Kier molecular flexibility index (Phi) is 5.51. The molecular formula is C20H26N6O2. The van der Waals surface area contributed by atoms with Gasteiger partial charge in [0.15, 0.2) is 11.2 Å². The van der Waals surface area contributed by atoms with Gasteiger partial charge in [0, 0.05) is 39.4 Å². The minimum atomic E-state index is -0.402. The van der Waals surface area contributed by atoms with Crippen molar-refractivity contribution in [3.63, 3.8) is 0 Å². The zero-order chi connectivity index (χ0) is 20.4. The number of rotatable bonds is 6. The van der Waals surface area contributed by atoms with Gasteiger partial charge in [-0.2, -0.15) is 4.98 Å². The Morgan fingerprint density at radius 3 is 2.43 bits per heavy atom. The summed E-state index contributed by atoms with van der Waals surface area (Å²) in [5.41, 5.74) is 7.91. The summed E-state index contributed by atoms with van der Waals surface area (Å²) in [7, 11) is 3.11. The van der Waals surface area contributed by atoms with E-state index < -0.39 is 5.69 Å². The molecule has 2 aromatic heterocycles. The van der Waals surface area contributed by atoms with Crippen molar-refractivity contribution in [3.05, 3.63) is 62.8 Å². The van der Waals surface area contributed by atoms with Gasteiger partial charge in [0.1, 0.15) is 0 Å². The van der Waals surface area contributed by atoms with E-state index in [1.165, 1.54) is 11.6 Å². The van der Waals surface area contributed by atoms with Crippen LogP contribution in [0.2, 0.25) is 0 Å². The highest BCUT2D eigenvalue weighted by Gasteiger charge is 2.22. The molecule has 2 N–H and O–H groups in total. The molecule has 0 bridgehead atoms. The fraction of sp³-hybridized carbons (Fsp3) is 0.350. The average molecular weight is 382 g/mol. The fourth-order valence-corrected chi connectivity index (χ4v) is 3.17. The molecule has 0 fully saturated rings. The highest BCUT2D eigenvalue weighted by Crippen LogP contribution is 2.27. The lowest BCUT2D eigenvalue weighted by Gasteiger charge is -2.24. The Hall–Kier alpha value is -3.13. The number of nitrogens with zero attached hydrogens (tertiary/aromatic N) is 5. The predicted octanol–water partition coefficient (Wildman–Crippen LogP) is 1.50. The van der Waals surface area contributed by atoms with Crippen LogP contribution >= 0.6 is 0 Å². The van der Waals surface area contributed by atoms with Crippen molar-refractivity contribution < 1.29 is 0 Å². The molecule has 0 aliphatic rings. The summed E-state index contributed by atoms with van der Waals surface area (Å²) in [5.74, 6) is 0.586. The molecule has 3 aromatic rings. The molecule has 0 aliphatic heterocycles. The number of imidazole rings is 1. The maximum Gasteiger partial charge on any atom is 0.332 e. The van der Waals surface area contributed by atoms with Crippen LogP contribution in [-0.2, 0) is 20.6 Å². The Morgan fingerprint density at radius 1 is 1.14 bits per heavy atom. The van der Waals surface area contributed by atoms with Gasteiger partial charge >= 0.3 is 5.69 Å². The fourth-order valence-electron chi connectivity index (χ4n) is 3.17. The first-order valence-electron chi connectivity index (χ1n) is 9.19. The first-order valence-corrected chi connectivity index (χ1v) is 9.19. The normalized spacial score (nSPS) is 11.0. The molecule has 3 rings (SSSR count). The highest BCUT2D eigenvalue weighted by atomic mass is 16.2. The van der Waals surface area contributed by atoms with Gasteiger partial charge in [0.25, 0.3) is 5.56 Å². The number of benzene rings is 1. The van der Waals surface area contributed by atoms with Crippen LogP contribution < -0.4 is 21.9 Å². The summed E-state index contributed by atoms with van der Waals surface area (Å²) < 4.78 is 4.38. The molecule has 0 saturated heterocycles. The van der Waals surface area contributed by atoms with Crippen molar-refractivity contribution in [3.8, 4) is 0 Å². The van der Waals surface area contributed by atoms with E-state index in [1.54, 1.807) is 7.05 Å². The van der Waals surface area contributed by atoms with Crippen molar-refractivity contribution in [1.29, 1.82) is 0 Å². The molecule has 8 heteroatoms. The Morgan fingerprint density at radius 2 is 1.82 bits per heavy atom. The minimum Gasteiger partial charge on any atom is -0.329 e. The quantitative estimate of drug-likeness (QED) is 0.653. The lowest BCUT2D eigenvalue weighted by Crippen LogP contribution is -2.37. The van der Waals surface area contributed by atoms with Crippen molar-refractivity contribution in [1.82, 2.24) is 18.7 Å². The summed E-state index contributed by atoms with van der Waals surface area (Å²) in [5, 5.41) is 0. The standard InChI is InChI=1S/C20H26N6O2/c1-14(2)10-12-26-16-17(23(3)20(28)24(4)18(16)27)22-19(26)25(13-11-21)15-8-6-5-7-9-15/h5-10H,11-13,21H2,1-4H3. The SMILES string of the molecule is CC(C)=CCn1c(N(CCN)c2ccccc2)nc2c1c(=O)n(C)c(=O)n2C. The molecule has 1 aromatic carbocycles. The van der Waals surface area contributed by atoms with Gasteiger partial charge in [0.05, 0.1) is 0 Å². The minimum absolute atomic E-state index is 0.361. The van der Waals surface area contributed by atoms with Crippen molar-refractivity contribution in [2.45, 2.75) is 20.4 Å². The van der Waals surface area contributed by atoms with E-state index >= 15 is 0 Å². The smallest absolute Gasteiger partial charge is 0.329 e. The van der Waals surface area contributed by atoms with Gasteiger partial charge in [0.2, 0.25) is 5.95 Å². The molecule has 0 spiro atoms. The molecule has 0 radical (unpaired) electrons. The number of fused-ring (bicyclic) bond motifs is 1. The summed E-state index contributed by atoms with van der Waals surface area (Å²) in [4.78, 5) is 32.0. The second-order valence-corrected chi connectivity index (χ2v) is 6.96. The lowest BCUT2D eigenvalue weighted by molar-refractivity contribution is 0.703. The Balaban J connectivity index is 2.37. The Labute approximate surface area is 163 Å². The van der Waals surface area contributed by atoms with Gasteiger partial charge in [-0.3, -0.25) is 13.9 Å². The van der Waals surface area contributed by atoms with Gasteiger partial charge in [-0.25, -0.2) is 4.79 Å². The number of aryl methyl sites for hydroxylation is 1. The first kappa shape index (κ1) is 19.6. The molecule has 0 atom stereocenters. The summed E-state index contributed by atoms with van der Waals surface area (Å²) in [6.07, 6.45) is 2.03. The summed E-state index contributed by atoms with van der Waals surface area (Å²) >= 11 is 0. The molecular weight excluding hydrogens is 356 g/mol. The van der Waals surface area contributed by atoms with Crippen molar-refractivity contribution in [2.24, 2.45) is 19.8 Å². The first-order chi connectivity index (χ1) is 13.4. The third kappa shape index (κ3) is 3.38. The van der Waals surface area contributed by atoms with Crippen LogP contribution in [0.4, 0.5) is 11.6 Å².